The van der Waals surface area contributed by atoms with E-state index in [0.29, 0.717) is 42.0 Å². The Kier molecular flexibility index (Phi) is 9.58. The van der Waals surface area contributed by atoms with Crippen molar-refractivity contribution in [2.24, 2.45) is 5.92 Å². The summed E-state index contributed by atoms with van der Waals surface area (Å²) < 4.78 is 0. The third-order valence-electron chi connectivity index (χ3n) is 13.2. The molecule has 5 aliphatic rings. The second-order valence-corrected chi connectivity index (χ2v) is 16.5. The Morgan fingerprint density at radius 2 is 1.45 bits per heavy atom. The van der Waals surface area contributed by atoms with Gasteiger partial charge in [0.2, 0.25) is 11.8 Å². The standard InChI is InChI=1S/C46H51N5O4/c1-30-25-41(32-5-3-2-4-6-32)44(39-14-12-37(52)27-40(30)39)33-7-9-35(10-8-33)49-19-17-31(18-20-49)28-48-21-23-50(24-22-48)36-11-13-38-34(26-36)29-51(46(38)55)42-15-16-43(53)47-45(42)54/h2-14,26-27,30-31,41-42,44,52H,15-25,28-29H2,1H3,(H,47,53,54)/t30-,41-,42+,44-/m1/s1. The van der Waals surface area contributed by atoms with Gasteiger partial charge in [0.05, 0.1) is 0 Å². The first-order valence-corrected chi connectivity index (χ1v) is 20.3. The molecule has 2 N–H and O–H groups in total. The average Bonchev–Trinajstić information content (AvgIpc) is 3.53. The number of imide groups is 1. The summed E-state index contributed by atoms with van der Waals surface area (Å²) >= 11 is 0. The van der Waals surface area contributed by atoms with E-state index in [4.69, 9.17) is 0 Å². The lowest BCUT2D eigenvalue weighted by Crippen LogP contribution is -2.52. The fraction of sp³-hybridized carbons (Fsp3) is 0.413. The number of hydrogen-bond donors (Lipinski definition) is 2. The molecule has 1 aliphatic carbocycles. The normalized spacial score (nSPS) is 24.8. The molecule has 3 amide bonds. The maximum Gasteiger partial charge on any atom is 0.255 e. The van der Waals surface area contributed by atoms with Gasteiger partial charge in [-0.05, 0) is 114 Å². The number of benzene rings is 4. The molecule has 3 fully saturated rings. The number of nitrogens with one attached hydrogen (secondary N) is 1. The van der Waals surface area contributed by atoms with Gasteiger partial charge >= 0.3 is 0 Å². The van der Waals surface area contributed by atoms with Gasteiger partial charge in [-0.15, -0.1) is 0 Å². The summed E-state index contributed by atoms with van der Waals surface area (Å²) in [5, 5.41) is 12.7. The van der Waals surface area contributed by atoms with E-state index < -0.39 is 6.04 Å². The average molecular weight is 738 g/mol. The molecule has 0 bridgehead atoms. The quantitative estimate of drug-likeness (QED) is 0.206. The van der Waals surface area contributed by atoms with Crippen molar-refractivity contribution in [3.05, 3.63) is 124 Å². The summed E-state index contributed by atoms with van der Waals surface area (Å²) in [6.07, 6.45) is 4.08. The summed E-state index contributed by atoms with van der Waals surface area (Å²) in [4.78, 5) is 46.5. The number of nitrogens with zero attached hydrogens (tertiary/aromatic N) is 4. The molecule has 4 aromatic carbocycles. The Labute approximate surface area is 323 Å². The number of fused-ring (bicyclic) bond motifs is 2. The van der Waals surface area contributed by atoms with Crippen LogP contribution in [0.25, 0.3) is 0 Å². The van der Waals surface area contributed by atoms with Gasteiger partial charge in [0.25, 0.3) is 5.91 Å². The first-order chi connectivity index (χ1) is 26.8. The Morgan fingerprint density at radius 1 is 0.727 bits per heavy atom. The lowest BCUT2D eigenvalue weighted by molar-refractivity contribution is -0.136. The summed E-state index contributed by atoms with van der Waals surface area (Å²) in [5.74, 6) is 1.29. The molecule has 4 aliphatic heterocycles. The zero-order valence-electron chi connectivity index (χ0n) is 31.7. The topological polar surface area (TPSA) is 96.4 Å². The van der Waals surface area contributed by atoms with Gasteiger partial charge in [-0.25, -0.2) is 0 Å². The maximum absolute atomic E-state index is 13.2. The van der Waals surface area contributed by atoms with Gasteiger partial charge in [-0.1, -0.05) is 55.5 Å². The molecule has 0 spiro atoms. The van der Waals surface area contributed by atoms with E-state index in [1.165, 1.54) is 40.8 Å². The second kappa shape index (κ2) is 14.8. The minimum Gasteiger partial charge on any atom is -0.508 e. The zero-order valence-corrected chi connectivity index (χ0v) is 31.7. The van der Waals surface area contributed by atoms with Crippen LogP contribution in [0.2, 0.25) is 0 Å². The van der Waals surface area contributed by atoms with Crippen LogP contribution in [0.1, 0.15) is 95.0 Å². The van der Waals surface area contributed by atoms with E-state index >= 15 is 0 Å². The first-order valence-electron chi connectivity index (χ1n) is 20.3. The van der Waals surface area contributed by atoms with Crippen molar-refractivity contribution in [3.63, 3.8) is 0 Å². The van der Waals surface area contributed by atoms with E-state index in [-0.39, 0.29) is 30.1 Å². The molecule has 4 aromatic rings. The summed E-state index contributed by atoms with van der Waals surface area (Å²) in [6.45, 7) is 9.92. The Morgan fingerprint density at radius 3 is 2.20 bits per heavy atom. The van der Waals surface area contributed by atoms with Gasteiger partial charge in [-0.2, -0.15) is 0 Å². The minimum absolute atomic E-state index is 0.122. The highest BCUT2D eigenvalue weighted by Crippen LogP contribution is 2.51. The van der Waals surface area contributed by atoms with Crippen LogP contribution < -0.4 is 15.1 Å². The van der Waals surface area contributed by atoms with Crippen LogP contribution in [0.3, 0.4) is 0 Å². The number of carbonyl (C=O) groups is 3. The number of phenols is 1. The van der Waals surface area contributed by atoms with Crippen LogP contribution in [0.15, 0.2) is 91.0 Å². The van der Waals surface area contributed by atoms with Crippen molar-refractivity contribution in [3.8, 4) is 5.75 Å². The monoisotopic (exact) mass is 737 g/mol. The minimum atomic E-state index is -0.586. The van der Waals surface area contributed by atoms with Gasteiger partial charge in [0.15, 0.2) is 0 Å². The van der Waals surface area contributed by atoms with E-state index in [1.54, 1.807) is 4.90 Å². The molecule has 3 saturated heterocycles. The van der Waals surface area contributed by atoms with Gasteiger partial charge in [0.1, 0.15) is 11.8 Å². The number of piperidine rings is 2. The van der Waals surface area contributed by atoms with E-state index in [0.717, 1.165) is 63.5 Å². The van der Waals surface area contributed by atoms with Crippen LogP contribution in [-0.4, -0.2) is 84.5 Å². The molecule has 0 unspecified atom stereocenters. The lowest BCUT2D eigenvalue weighted by Gasteiger charge is -2.40. The van der Waals surface area contributed by atoms with Crippen molar-refractivity contribution in [2.45, 2.75) is 69.4 Å². The Hall–Kier alpha value is -5.15. The van der Waals surface area contributed by atoms with Crippen LogP contribution >= 0.6 is 0 Å². The molecule has 0 aromatic heterocycles. The number of amides is 3. The maximum atomic E-state index is 13.2. The number of anilines is 2. The fourth-order valence-corrected chi connectivity index (χ4v) is 10.2. The van der Waals surface area contributed by atoms with Crippen molar-refractivity contribution in [2.75, 3.05) is 55.6 Å². The molecule has 9 nitrogen and oxygen atoms in total. The van der Waals surface area contributed by atoms with Gasteiger partial charge in [-0.3, -0.25) is 24.6 Å². The molecule has 9 rings (SSSR count). The highest BCUT2D eigenvalue weighted by molar-refractivity contribution is 6.05. The largest absolute Gasteiger partial charge is 0.508 e. The second-order valence-electron chi connectivity index (χ2n) is 16.5. The van der Waals surface area contributed by atoms with E-state index in [1.807, 2.05) is 24.3 Å². The van der Waals surface area contributed by atoms with Crippen molar-refractivity contribution in [1.29, 1.82) is 0 Å². The molecular formula is C46H51N5O4. The van der Waals surface area contributed by atoms with Crippen molar-refractivity contribution >= 4 is 29.1 Å². The number of carbonyl (C=O) groups excluding carboxylic acids is 3. The summed E-state index contributed by atoms with van der Waals surface area (Å²) in [6, 6.07) is 31.8. The molecule has 0 saturated carbocycles. The van der Waals surface area contributed by atoms with Crippen molar-refractivity contribution in [1.82, 2.24) is 15.1 Å². The molecule has 9 heteroatoms. The Balaban J connectivity index is 0.786. The highest BCUT2D eigenvalue weighted by atomic mass is 16.3. The van der Waals surface area contributed by atoms with E-state index in [9.17, 15) is 19.5 Å². The summed E-state index contributed by atoms with van der Waals surface area (Å²) in [5.41, 5.74) is 9.39. The van der Waals surface area contributed by atoms with E-state index in [2.05, 4.69) is 93.7 Å². The molecule has 284 valence electrons. The molecule has 0 radical (unpaired) electrons. The summed E-state index contributed by atoms with van der Waals surface area (Å²) in [7, 11) is 0. The molecular weight excluding hydrogens is 687 g/mol. The predicted octanol–water partition coefficient (Wildman–Crippen LogP) is 6.61. The van der Waals surface area contributed by atoms with Crippen LogP contribution in [0.5, 0.6) is 5.75 Å². The van der Waals surface area contributed by atoms with Crippen LogP contribution in [0, 0.1) is 5.92 Å². The number of aromatic hydroxyl groups is 1. The zero-order chi connectivity index (χ0) is 37.6. The number of rotatable bonds is 7. The third kappa shape index (κ3) is 6.99. The van der Waals surface area contributed by atoms with Crippen LogP contribution in [0.4, 0.5) is 11.4 Å². The smallest absolute Gasteiger partial charge is 0.255 e. The fourth-order valence-electron chi connectivity index (χ4n) is 10.2. The first kappa shape index (κ1) is 35.5. The molecule has 55 heavy (non-hydrogen) atoms. The van der Waals surface area contributed by atoms with Gasteiger partial charge < -0.3 is 19.8 Å². The molecule has 4 atom stereocenters. The predicted molar refractivity (Wildman–Crippen MR) is 215 cm³/mol. The number of phenolic OH excluding ortho intramolecular Hbond substituents is 1. The number of hydrogen-bond acceptors (Lipinski definition) is 7. The lowest BCUT2D eigenvalue weighted by atomic mass is 9.66. The molecule has 4 heterocycles. The van der Waals surface area contributed by atoms with Crippen molar-refractivity contribution < 1.29 is 19.5 Å². The highest BCUT2D eigenvalue weighted by Gasteiger charge is 2.40. The SMILES string of the molecule is C[C@@H]1C[C@H](c2ccccc2)[C@H](c2ccc(N3CCC(CN4CCN(c5ccc6c(c5)CN([C@H]5CCC(=O)NC5=O)C6=O)CC4)CC3)cc2)c2ccc(O)cc21. The Bertz CT molecular complexity index is 2070. The van der Waals surface area contributed by atoms with Crippen LogP contribution in [-0.2, 0) is 16.1 Å². The number of piperazine rings is 1. The third-order valence-corrected chi connectivity index (χ3v) is 13.2. The van der Waals surface area contributed by atoms with Gasteiger partial charge in [0, 0.05) is 81.6 Å².